The van der Waals surface area contributed by atoms with Gasteiger partial charge in [0, 0.05) is 11.3 Å². The lowest BCUT2D eigenvalue weighted by atomic mass is 10.1. The number of carbonyl (C=O) groups excluding carboxylic acids is 3. The molecule has 0 bridgehead atoms. The Balaban J connectivity index is 1.49. The molecule has 154 valence electrons. The van der Waals surface area contributed by atoms with Crippen molar-refractivity contribution >= 4 is 23.5 Å². The van der Waals surface area contributed by atoms with Crippen molar-refractivity contribution in [3.8, 4) is 11.4 Å². The standard InChI is InChI=1S/C20H20N6O4/c1-30-19(29)12-21-17(27)11-14-7-9-16(10-8-14)22-18(28)13-26-24-20(23-25-26)15-5-3-2-4-6-15/h2-10H,11-13H2,1H3,(H,21,27)(H,22,28). The molecular formula is C20H20N6O4. The number of methoxy groups -OCH3 is 1. The zero-order chi connectivity index (χ0) is 21.3. The molecule has 0 unspecified atom stereocenters. The van der Waals surface area contributed by atoms with E-state index in [0.29, 0.717) is 11.5 Å². The van der Waals surface area contributed by atoms with E-state index in [9.17, 15) is 14.4 Å². The minimum Gasteiger partial charge on any atom is -0.468 e. The maximum absolute atomic E-state index is 12.2. The number of hydrogen-bond acceptors (Lipinski definition) is 7. The van der Waals surface area contributed by atoms with Crippen molar-refractivity contribution in [3.05, 3.63) is 60.2 Å². The fourth-order valence-corrected chi connectivity index (χ4v) is 2.54. The van der Waals surface area contributed by atoms with Crippen molar-refractivity contribution in [2.45, 2.75) is 13.0 Å². The SMILES string of the molecule is COC(=O)CNC(=O)Cc1ccc(NC(=O)Cn2nnc(-c3ccccc3)n2)cc1. The van der Waals surface area contributed by atoms with Gasteiger partial charge < -0.3 is 15.4 Å². The van der Waals surface area contributed by atoms with Gasteiger partial charge in [-0.3, -0.25) is 14.4 Å². The van der Waals surface area contributed by atoms with Crippen molar-refractivity contribution < 1.29 is 19.1 Å². The number of aromatic nitrogens is 4. The molecule has 0 fully saturated rings. The van der Waals surface area contributed by atoms with Gasteiger partial charge in [0.05, 0.1) is 13.5 Å². The van der Waals surface area contributed by atoms with Crippen LogP contribution in [0.15, 0.2) is 54.6 Å². The minimum absolute atomic E-state index is 0.0858. The molecule has 0 aliphatic rings. The highest BCUT2D eigenvalue weighted by Gasteiger charge is 2.10. The Bertz CT molecular complexity index is 1020. The maximum atomic E-state index is 12.2. The lowest BCUT2D eigenvalue weighted by Gasteiger charge is -2.07. The summed E-state index contributed by atoms with van der Waals surface area (Å²) in [6.07, 6.45) is 0.108. The summed E-state index contributed by atoms with van der Waals surface area (Å²) in [6.45, 7) is -0.261. The highest BCUT2D eigenvalue weighted by Crippen LogP contribution is 2.12. The van der Waals surface area contributed by atoms with Gasteiger partial charge in [0.25, 0.3) is 0 Å². The van der Waals surface area contributed by atoms with E-state index >= 15 is 0 Å². The average molecular weight is 408 g/mol. The summed E-state index contributed by atoms with van der Waals surface area (Å²) in [5.74, 6) is -0.684. The van der Waals surface area contributed by atoms with Gasteiger partial charge in [0.15, 0.2) is 0 Å². The van der Waals surface area contributed by atoms with Crippen LogP contribution in [0.4, 0.5) is 5.69 Å². The van der Waals surface area contributed by atoms with Crippen molar-refractivity contribution in [2.75, 3.05) is 19.0 Å². The molecule has 0 aliphatic heterocycles. The molecule has 1 aromatic heterocycles. The van der Waals surface area contributed by atoms with Gasteiger partial charge in [-0.05, 0) is 22.9 Å². The number of nitrogens with zero attached hydrogens (tertiary/aromatic N) is 4. The van der Waals surface area contributed by atoms with E-state index in [1.807, 2.05) is 30.3 Å². The van der Waals surface area contributed by atoms with Crippen LogP contribution in [0.25, 0.3) is 11.4 Å². The molecule has 2 amide bonds. The van der Waals surface area contributed by atoms with E-state index in [1.165, 1.54) is 11.9 Å². The molecule has 3 rings (SSSR count). The monoisotopic (exact) mass is 408 g/mol. The van der Waals surface area contributed by atoms with Crippen molar-refractivity contribution in [3.63, 3.8) is 0 Å². The van der Waals surface area contributed by atoms with Crippen LogP contribution >= 0.6 is 0 Å². The van der Waals surface area contributed by atoms with E-state index in [1.54, 1.807) is 24.3 Å². The summed E-state index contributed by atoms with van der Waals surface area (Å²) >= 11 is 0. The Morgan fingerprint density at radius 2 is 1.73 bits per heavy atom. The summed E-state index contributed by atoms with van der Waals surface area (Å²) in [7, 11) is 1.25. The number of carbonyl (C=O) groups is 3. The Hall–Kier alpha value is -4.08. The zero-order valence-corrected chi connectivity index (χ0v) is 16.2. The van der Waals surface area contributed by atoms with Crippen LogP contribution in [0.2, 0.25) is 0 Å². The Morgan fingerprint density at radius 3 is 2.43 bits per heavy atom. The number of benzene rings is 2. The Morgan fingerprint density at radius 1 is 1.00 bits per heavy atom. The van der Waals surface area contributed by atoms with Gasteiger partial charge in [-0.25, -0.2) is 0 Å². The van der Waals surface area contributed by atoms with Gasteiger partial charge in [0.2, 0.25) is 17.6 Å². The number of tetrazole rings is 1. The lowest BCUT2D eigenvalue weighted by Crippen LogP contribution is -2.31. The van der Waals surface area contributed by atoms with Crippen LogP contribution in [0, 0.1) is 0 Å². The molecule has 10 heteroatoms. The second-order valence-electron chi connectivity index (χ2n) is 6.28. The molecule has 0 atom stereocenters. The third kappa shape index (κ3) is 5.96. The molecule has 0 spiro atoms. The quantitative estimate of drug-likeness (QED) is 0.528. The largest absolute Gasteiger partial charge is 0.468 e. The van der Waals surface area contributed by atoms with Crippen LogP contribution in [0.5, 0.6) is 0 Å². The van der Waals surface area contributed by atoms with E-state index in [-0.39, 0.29) is 31.3 Å². The number of anilines is 1. The third-order valence-electron chi connectivity index (χ3n) is 4.03. The minimum atomic E-state index is -0.515. The molecule has 2 N–H and O–H groups in total. The third-order valence-corrected chi connectivity index (χ3v) is 4.03. The smallest absolute Gasteiger partial charge is 0.325 e. The Kier molecular flexibility index (Phi) is 6.83. The fraction of sp³-hybridized carbons (Fsp3) is 0.200. The summed E-state index contributed by atoms with van der Waals surface area (Å²) in [5.41, 5.74) is 2.12. The van der Waals surface area contributed by atoms with Gasteiger partial charge in [-0.1, -0.05) is 42.5 Å². The summed E-state index contributed by atoms with van der Waals surface area (Å²) in [4.78, 5) is 36.3. The first-order valence-electron chi connectivity index (χ1n) is 9.09. The predicted octanol–water partition coefficient (Wildman–Crippen LogP) is 0.810. The van der Waals surface area contributed by atoms with Crippen LogP contribution in [0.3, 0.4) is 0 Å². The first-order valence-corrected chi connectivity index (χ1v) is 9.09. The summed E-state index contributed by atoms with van der Waals surface area (Å²) in [6, 6.07) is 16.2. The van der Waals surface area contributed by atoms with E-state index in [4.69, 9.17) is 0 Å². The summed E-state index contributed by atoms with van der Waals surface area (Å²) < 4.78 is 4.46. The molecule has 2 aromatic carbocycles. The normalized spacial score (nSPS) is 10.3. The van der Waals surface area contributed by atoms with Crippen LogP contribution in [-0.4, -0.2) is 51.6 Å². The molecule has 30 heavy (non-hydrogen) atoms. The predicted molar refractivity (Wildman–Crippen MR) is 107 cm³/mol. The summed E-state index contributed by atoms with van der Waals surface area (Å²) in [5, 5.41) is 17.2. The second kappa shape index (κ2) is 9.92. The molecule has 0 aliphatic carbocycles. The van der Waals surface area contributed by atoms with Gasteiger partial charge in [-0.2, -0.15) is 4.80 Å². The molecule has 3 aromatic rings. The van der Waals surface area contributed by atoms with Gasteiger partial charge in [-0.15, -0.1) is 10.2 Å². The lowest BCUT2D eigenvalue weighted by molar-refractivity contribution is -0.141. The van der Waals surface area contributed by atoms with Gasteiger partial charge >= 0.3 is 5.97 Å². The number of rotatable bonds is 8. The van der Waals surface area contributed by atoms with Crippen molar-refractivity contribution in [2.24, 2.45) is 0 Å². The maximum Gasteiger partial charge on any atom is 0.325 e. The molecule has 0 saturated heterocycles. The van der Waals surface area contributed by atoms with Crippen LogP contribution in [0.1, 0.15) is 5.56 Å². The van der Waals surface area contributed by atoms with E-state index in [0.717, 1.165) is 11.1 Å². The highest BCUT2D eigenvalue weighted by atomic mass is 16.5. The van der Waals surface area contributed by atoms with E-state index < -0.39 is 5.97 Å². The van der Waals surface area contributed by atoms with Gasteiger partial charge in [0.1, 0.15) is 13.1 Å². The molecule has 1 heterocycles. The number of amides is 2. The highest BCUT2D eigenvalue weighted by molar-refractivity contribution is 5.90. The van der Waals surface area contributed by atoms with E-state index in [2.05, 4.69) is 30.8 Å². The first-order chi connectivity index (χ1) is 14.5. The first kappa shape index (κ1) is 20.6. The molecule has 0 radical (unpaired) electrons. The molecular weight excluding hydrogens is 388 g/mol. The van der Waals surface area contributed by atoms with Crippen molar-refractivity contribution in [1.29, 1.82) is 0 Å². The number of esters is 1. The van der Waals surface area contributed by atoms with Crippen LogP contribution < -0.4 is 10.6 Å². The number of nitrogens with one attached hydrogen (secondary N) is 2. The Labute approximate surface area is 172 Å². The average Bonchev–Trinajstić information content (AvgIpc) is 3.22. The number of ether oxygens (including phenoxy) is 1. The zero-order valence-electron chi connectivity index (χ0n) is 16.2. The topological polar surface area (TPSA) is 128 Å². The number of hydrogen-bond donors (Lipinski definition) is 2. The molecule has 10 nitrogen and oxygen atoms in total. The second-order valence-corrected chi connectivity index (χ2v) is 6.28. The van der Waals surface area contributed by atoms with Crippen LogP contribution in [-0.2, 0) is 32.1 Å². The molecule has 0 saturated carbocycles. The van der Waals surface area contributed by atoms with Crippen molar-refractivity contribution in [1.82, 2.24) is 25.5 Å². The fourth-order valence-electron chi connectivity index (χ4n) is 2.54.